The van der Waals surface area contributed by atoms with Gasteiger partial charge in [0.25, 0.3) is 0 Å². The zero-order chi connectivity index (χ0) is 9.84. The average Bonchev–Trinajstić information content (AvgIpc) is 2.17. The standard InChI is InChI=1S/C9H9BrGeNO.3H2O/c1-12(9(13)6-10)8-4-2-7(11)3-5-8;;;/h2-5H,6H2,1H3;3*1H2/q+3;;;/p-3. The fraction of sp³-hybridized carbons (Fsp3) is 0.222. The minimum Gasteiger partial charge on any atom is -0.870 e. The van der Waals surface area contributed by atoms with E-state index >= 15 is 0 Å². The number of carbonyl (C=O) groups excluding carboxylic acids is 1. The van der Waals surface area contributed by atoms with E-state index in [9.17, 15) is 4.79 Å². The number of carbonyl (C=O) groups is 1. The second-order valence-electron chi connectivity index (χ2n) is 2.63. The molecule has 0 heterocycles. The summed E-state index contributed by atoms with van der Waals surface area (Å²) in [6.07, 6.45) is 0. The molecule has 0 aliphatic carbocycles. The van der Waals surface area contributed by atoms with E-state index in [1.165, 1.54) is 4.40 Å². The number of hydrogen-bond donors (Lipinski definition) is 0. The second-order valence-corrected chi connectivity index (χ2v) is 4.41. The van der Waals surface area contributed by atoms with Gasteiger partial charge < -0.3 is 16.4 Å². The number of amides is 1. The Morgan fingerprint density at radius 3 is 2.06 bits per heavy atom. The number of benzene rings is 1. The quantitative estimate of drug-likeness (QED) is 0.564. The van der Waals surface area contributed by atoms with Gasteiger partial charge in [-0.2, -0.15) is 0 Å². The molecule has 0 radical (unpaired) electrons. The first kappa shape index (κ1) is 20.9. The maximum atomic E-state index is 11.3. The van der Waals surface area contributed by atoms with Gasteiger partial charge in [-0.3, -0.25) is 0 Å². The molecule has 0 saturated carbocycles. The van der Waals surface area contributed by atoms with Gasteiger partial charge in [0.05, 0.1) is 0 Å². The van der Waals surface area contributed by atoms with E-state index in [0.29, 0.717) is 5.33 Å². The molecule has 5 nitrogen and oxygen atoms in total. The Kier molecular flexibility index (Phi) is 12.8. The molecule has 0 unspecified atom stereocenters. The largest absolute Gasteiger partial charge is 0.870 e. The molecule has 0 fully saturated rings. The van der Waals surface area contributed by atoms with Crippen molar-refractivity contribution in [2.24, 2.45) is 0 Å². The summed E-state index contributed by atoms with van der Waals surface area (Å²) in [5, 5.41) is 0.359. The third-order valence-corrected chi connectivity index (χ3v) is 2.92. The monoisotopic (exact) mass is 351 g/mol. The number of rotatable bonds is 2. The van der Waals surface area contributed by atoms with Gasteiger partial charge in [0.1, 0.15) is 0 Å². The van der Waals surface area contributed by atoms with Gasteiger partial charge in [-0.25, -0.2) is 0 Å². The number of anilines is 1. The van der Waals surface area contributed by atoms with Crippen molar-refractivity contribution < 1.29 is 21.2 Å². The molecular weight excluding hydrogens is 339 g/mol. The molecule has 1 aromatic carbocycles. The van der Waals surface area contributed by atoms with Crippen LogP contribution in [0.2, 0.25) is 0 Å². The Bertz CT molecular complexity index is 307. The summed E-state index contributed by atoms with van der Waals surface area (Å²) in [5.41, 5.74) is 0.926. The third kappa shape index (κ3) is 5.62. The summed E-state index contributed by atoms with van der Waals surface area (Å²) in [7, 11) is 1.77. The minimum atomic E-state index is 0. The van der Waals surface area contributed by atoms with Gasteiger partial charge in [-0.1, -0.05) is 0 Å². The second kappa shape index (κ2) is 9.79. The van der Waals surface area contributed by atoms with E-state index in [-0.39, 0.29) is 22.3 Å². The van der Waals surface area contributed by atoms with E-state index in [0.717, 1.165) is 5.69 Å². The molecule has 1 aromatic rings. The molecule has 0 aliphatic rings. The van der Waals surface area contributed by atoms with Crippen LogP contribution in [0.4, 0.5) is 5.69 Å². The summed E-state index contributed by atoms with van der Waals surface area (Å²) < 4.78 is 1.20. The van der Waals surface area contributed by atoms with Crippen molar-refractivity contribution in [3.05, 3.63) is 24.3 Å². The summed E-state index contributed by atoms with van der Waals surface area (Å²) in [4.78, 5) is 12.9. The molecular formula is C9H12BrGeNO4. The number of hydrogen-bond acceptors (Lipinski definition) is 4. The summed E-state index contributed by atoms with van der Waals surface area (Å²) >= 11 is 5.16. The zero-order valence-electron chi connectivity index (χ0n) is 8.59. The minimum absolute atomic E-state index is 0. The van der Waals surface area contributed by atoms with Gasteiger partial charge in [-0.05, 0) is 0 Å². The molecule has 1 rings (SSSR count). The van der Waals surface area contributed by atoms with Crippen LogP contribution < -0.4 is 9.30 Å². The molecule has 16 heavy (non-hydrogen) atoms. The zero-order valence-corrected chi connectivity index (χ0v) is 12.3. The molecule has 0 aromatic heterocycles. The predicted octanol–water partition coefficient (Wildman–Crippen LogP) is 0.308. The van der Waals surface area contributed by atoms with Gasteiger partial charge in [0, 0.05) is 0 Å². The summed E-state index contributed by atoms with van der Waals surface area (Å²) in [5.74, 6) is 0.0591. The number of nitrogens with zero attached hydrogens (tertiary/aromatic N) is 1. The van der Waals surface area contributed by atoms with E-state index in [4.69, 9.17) is 0 Å². The van der Waals surface area contributed by atoms with Gasteiger partial charge in [0.2, 0.25) is 0 Å². The molecule has 3 N–H and O–H groups in total. The normalized spacial score (nSPS) is 8.00. The molecule has 0 atom stereocenters. The van der Waals surface area contributed by atoms with E-state index in [2.05, 4.69) is 15.9 Å². The maximum Gasteiger partial charge on any atom is -0.870 e. The summed E-state index contributed by atoms with van der Waals surface area (Å²) in [6, 6.07) is 7.87. The number of alkyl halides is 1. The van der Waals surface area contributed by atoms with Crippen molar-refractivity contribution in [2.45, 2.75) is 0 Å². The Labute approximate surface area is 111 Å². The van der Waals surface area contributed by atoms with Crippen LogP contribution in [0.3, 0.4) is 0 Å². The first-order valence-corrected chi connectivity index (χ1v) is 5.96. The SMILES string of the molecule is CN(C(=O)CBr)c1cc[c]([Ge+3])cc1.[OH-].[OH-].[OH-]. The van der Waals surface area contributed by atoms with Gasteiger partial charge >= 0.3 is 94.8 Å². The van der Waals surface area contributed by atoms with Crippen molar-refractivity contribution >= 4 is 48.4 Å². The van der Waals surface area contributed by atoms with Crippen molar-refractivity contribution in [1.29, 1.82) is 0 Å². The third-order valence-electron chi connectivity index (χ3n) is 1.74. The van der Waals surface area contributed by atoms with E-state index in [1.54, 1.807) is 11.9 Å². The van der Waals surface area contributed by atoms with Crippen molar-refractivity contribution in [1.82, 2.24) is 0 Å². The Balaban J connectivity index is -0.000000563. The fourth-order valence-corrected chi connectivity index (χ4v) is 1.64. The summed E-state index contributed by atoms with van der Waals surface area (Å²) in [6.45, 7) is 0. The van der Waals surface area contributed by atoms with Crippen molar-refractivity contribution in [3.63, 3.8) is 0 Å². The van der Waals surface area contributed by atoms with Gasteiger partial charge in [-0.15, -0.1) is 0 Å². The Morgan fingerprint density at radius 1 is 1.25 bits per heavy atom. The van der Waals surface area contributed by atoms with E-state index in [1.807, 2.05) is 40.8 Å². The van der Waals surface area contributed by atoms with Gasteiger partial charge in [0.15, 0.2) is 0 Å². The Morgan fingerprint density at radius 2 is 1.69 bits per heavy atom. The Hall–Kier alpha value is -0.407. The van der Waals surface area contributed by atoms with E-state index < -0.39 is 0 Å². The van der Waals surface area contributed by atoms with Crippen LogP contribution in [-0.2, 0) is 4.79 Å². The number of halogens is 1. The molecule has 0 bridgehead atoms. The van der Waals surface area contributed by atoms with Crippen LogP contribution in [0, 0.1) is 0 Å². The van der Waals surface area contributed by atoms with Crippen molar-refractivity contribution in [2.75, 3.05) is 17.3 Å². The molecule has 0 saturated heterocycles. The van der Waals surface area contributed by atoms with Crippen LogP contribution in [0.1, 0.15) is 0 Å². The van der Waals surface area contributed by atoms with Crippen LogP contribution in [0.15, 0.2) is 24.3 Å². The first-order chi connectivity index (χ1) is 6.15. The fourth-order valence-electron chi connectivity index (χ4n) is 0.919. The van der Waals surface area contributed by atoms with Crippen LogP contribution in [-0.4, -0.2) is 51.2 Å². The van der Waals surface area contributed by atoms with Crippen LogP contribution in [0.5, 0.6) is 0 Å². The molecule has 1 amide bonds. The van der Waals surface area contributed by atoms with Crippen LogP contribution >= 0.6 is 15.9 Å². The topological polar surface area (TPSA) is 110 Å². The smallest absolute Gasteiger partial charge is 0.870 e. The first-order valence-electron chi connectivity index (χ1n) is 3.79. The molecule has 7 heteroatoms. The average molecular weight is 351 g/mol. The predicted molar refractivity (Wildman–Crippen MR) is 64.8 cm³/mol. The van der Waals surface area contributed by atoms with Crippen molar-refractivity contribution in [3.8, 4) is 0 Å². The van der Waals surface area contributed by atoms with Crippen LogP contribution in [0.25, 0.3) is 0 Å². The molecule has 0 aliphatic heterocycles. The molecule has 0 spiro atoms. The molecule has 88 valence electrons. The maximum absolute atomic E-state index is 11.3.